The van der Waals surface area contributed by atoms with E-state index in [2.05, 4.69) is 16.4 Å². The topological polar surface area (TPSA) is 48.3 Å². The average Bonchev–Trinajstić information content (AvgIpc) is 2.88. The highest BCUT2D eigenvalue weighted by molar-refractivity contribution is 5.39. The highest BCUT2D eigenvalue weighted by atomic mass is 16.5. The molecular weight excluding hydrogens is 254 g/mol. The Morgan fingerprint density at radius 2 is 2.10 bits per heavy atom. The minimum absolute atomic E-state index is 0.0428. The maximum absolute atomic E-state index is 5.80. The lowest BCUT2D eigenvalue weighted by molar-refractivity contribution is 0.145. The third kappa shape index (κ3) is 3.18. The van der Waals surface area contributed by atoms with Crippen molar-refractivity contribution in [2.45, 2.75) is 6.04 Å². The smallest absolute Gasteiger partial charge is 0.124 e. The lowest BCUT2D eigenvalue weighted by Gasteiger charge is -2.20. The first kappa shape index (κ1) is 14.6. The zero-order chi connectivity index (χ0) is 14.4. The number of ether oxygens (including phenoxy) is 2. The van der Waals surface area contributed by atoms with Gasteiger partial charge in [-0.1, -0.05) is 18.2 Å². The molecule has 1 aromatic carbocycles. The summed E-state index contributed by atoms with van der Waals surface area (Å²) in [6.45, 7) is 1.11. The van der Waals surface area contributed by atoms with Crippen molar-refractivity contribution >= 4 is 0 Å². The highest BCUT2D eigenvalue weighted by Gasteiger charge is 2.19. The molecule has 1 N–H and O–H groups in total. The largest absolute Gasteiger partial charge is 0.491 e. The fourth-order valence-corrected chi connectivity index (χ4v) is 2.19. The van der Waals surface area contributed by atoms with Gasteiger partial charge < -0.3 is 19.4 Å². The van der Waals surface area contributed by atoms with Crippen LogP contribution in [-0.2, 0) is 11.8 Å². The van der Waals surface area contributed by atoms with Gasteiger partial charge in [0.25, 0.3) is 0 Å². The molecule has 2 aromatic rings. The van der Waals surface area contributed by atoms with Crippen molar-refractivity contribution in [1.29, 1.82) is 0 Å². The van der Waals surface area contributed by atoms with Crippen LogP contribution < -0.4 is 10.1 Å². The molecule has 5 heteroatoms. The van der Waals surface area contributed by atoms with Gasteiger partial charge in [0.2, 0.25) is 0 Å². The van der Waals surface area contributed by atoms with Crippen LogP contribution in [0.25, 0.3) is 0 Å². The quantitative estimate of drug-likeness (QED) is 0.782. The summed E-state index contributed by atoms with van der Waals surface area (Å²) in [7, 11) is 5.59. The molecule has 0 amide bonds. The molecule has 108 valence electrons. The van der Waals surface area contributed by atoms with E-state index < -0.39 is 0 Å². The summed E-state index contributed by atoms with van der Waals surface area (Å²) in [6.07, 6.45) is 3.67. The second-order valence-electron chi connectivity index (χ2n) is 4.53. The summed E-state index contributed by atoms with van der Waals surface area (Å²) in [4.78, 5) is 4.18. The minimum atomic E-state index is 0.0428. The van der Waals surface area contributed by atoms with Gasteiger partial charge in [-0.3, -0.25) is 0 Å². The summed E-state index contributed by atoms with van der Waals surface area (Å²) < 4.78 is 12.8. The molecule has 1 unspecified atom stereocenters. The molecule has 5 nitrogen and oxygen atoms in total. The number of hydrogen-bond donors (Lipinski definition) is 1. The van der Waals surface area contributed by atoms with E-state index in [1.807, 2.05) is 43.1 Å². The standard InChI is InChI=1S/C15H21N3O2/c1-16-15(13-10-17-11-18(13)2)12-6-4-5-7-14(12)20-9-8-19-3/h4-7,10-11,15-16H,8-9H2,1-3H3. The van der Waals surface area contributed by atoms with Crippen LogP contribution >= 0.6 is 0 Å². The molecule has 1 atom stereocenters. The van der Waals surface area contributed by atoms with Crippen molar-refractivity contribution in [3.8, 4) is 5.75 Å². The number of imidazole rings is 1. The van der Waals surface area contributed by atoms with E-state index in [1.54, 1.807) is 13.4 Å². The van der Waals surface area contributed by atoms with Crippen molar-refractivity contribution in [1.82, 2.24) is 14.9 Å². The predicted molar refractivity (Wildman–Crippen MR) is 77.9 cm³/mol. The Morgan fingerprint density at radius 3 is 2.75 bits per heavy atom. The summed E-state index contributed by atoms with van der Waals surface area (Å²) in [5, 5.41) is 3.32. The van der Waals surface area contributed by atoms with Gasteiger partial charge in [-0.25, -0.2) is 4.98 Å². The van der Waals surface area contributed by atoms with Crippen molar-refractivity contribution < 1.29 is 9.47 Å². The van der Waals surface area contributed by atoms with Crippen molar-refractivity contribution in [2.24, 2.45) is 7.05 Å². The first-order valence-electron chi connectivity index (χ1n) is 6.62. The molecule has 0 saturated heterocycles. The molecule has 0 fully saturated rings. The van der Waals surface area contributed by atoms with E-state index in [4.69, 9.17) is 9.47 Å². The number of aromatic nitrogens is 2. The summed E-state index contributed by atoms with van der Waals surface area (Å²) in [5.74, 6) is 0.866. The molecular formula is C15H21N3O2. The van der Waals surface area contributed by atoms with Gasteiger partial charge in [-0.15, -0.1) is 0 Å². The van der Waals surface area contributed by atoms with Gasteiger partial charge in [0.05, 0.1) is 30.9 Å². The van der Waals surface area contributed by atoms with Crippen LogP contribution in [0.3, 0.4) is 0 Å². The normalized spacial score (nSPS) is 12.3. The summed E-state index contributed by atoms with van der Waals surface area (Å²) in [6, 6.07) is 8.07. The van der Waals surface area contributed by atoms with Gasteiger partial charge in [0.1, 0.15) is 12.4 Å². The number of methoxy groups -OCH3 is 1. The Morgan fingerprint density at radius 1 is 1.30 bits per heavy atom. The number of para-hydroxylation sites is 1. The SMILES string of the molecule is CNC(c1ccccc1OCCOC)c1cncn1C. The number of nitrogens with one attached hydrogen (secondary N) is 1. The van der Waals surface area contributed by atoms with Crippen LogP contribution in [0, 0.1) is 0 Å². The number of nitrogens with zero attached hydrogens (tertiary/aromatic N) is 2. The number of hydrogen-bond acceptors (Lipinski definition) is 4. The van der Waals surface area contributed by atoms with Crippen molar-refractivity contribution in [2.75, 3.05) is 27.4 Å². The van der Waals surface area contributed by atoms with Gasteiger partial charge in [-0.05, 0) is 13.1 Å². The molecule has 0 aliphatic rings. The number of rotatable bonds is 7. The predicted octanol–water partition coefficient (Wildman–Crippen LogP) is 1.75. The summed E-state index contributed by atoms with van der Waals surface area (Å²) >= 11 is 0. The van der Waals surface area contributed by atoms with Crippen LogP contribution in [0.15, 0.2) is 36.8 Å². The van der Waals surface area contributed by atoms with Crippen LogP contribution in [0.1, 0.15) is 17.3 Å². The van der Waals surface area contributed by atoms with E-state index in [0.717, 1.165) is 17.0 Å². The zero-order valence-corrected chi connectivity index (χ0v) is 12.2. The molecule has 0 bridgehead atoms. The van der Waals surface area contributed by atoms with Gasteiger partial charge >= 0.3 is 0 Å². The fourth-order valence-electron chi connectivity index (χ4n) is 2.19. The van der Waals surface area contributed by atoms with E-state index in [0.29, 0.717) is 13.2 Å². The second-order valence-corrected chi connectivity index (χ2v) is 4.53. The Bertz CT molecular complexity index is 539. The first-order valence-corrected chi connectivity index (χ1v) is 6.62. The van der Waals surface area contributed by atoms with Gasteiger partial charge in [0.15, 0.2) is 0 Å². The Hall–Kier alpha value is -1.85. The second kappa shape index (κ2) is 7.07. The molecule has 20 heavy (non-hydrogen) atoms. The van der Waals surface area contributed by atoms with E-state index >= 15 is 0 Å². The minimum Gasteiger partial charge on any atom is -0.491 e. The first-order chi connectivity index (χ1) is 9.77. The molecule has 0 radical (unpaired) electrons. The third-order valence-corrected chi connectivity index (χ3v) is 3.21. The Balaban J connectivity index is 2.28. The molecule has 1 heterocycles. The lowest BCUT2D eigenvalue weighted by Crippen LogP contribution is -2.21. The van der Waals surface area contributed by atoms with Crippen LogP contribution in [0.2, 0.25) is 0 Å². The molecule has 2 rings (SSSR count). The van der Waals surface area contributed by atoms with Crippen molar-refractivity contribution in [3.05, 3.63) is 48.0 Å². The third-order valence-electron chi connectivity index (χ3n) is 3.21. The van der Waals surface area contributed by atoms with E-state index in [-0.39, 0.29) is 6.04 Å². The number of aryl methyl sites for hydroxylation is 1. The molecule has 0 aliphatic carbocycles. The molecule has 0 saturated carbocycles. The average molecular weight is 275 g/mol. The van der Waals surface area contributed by atoms with E-state index in [9.17, 15) is 0 Å². The maximum Gasteiger partial charge on any atom is 0.124 e. The maximum atomic E-state index is 5.80. The number of benzene rings is 1. The Kier molecular flexibility index (Phi) is 5.15. The van der Waals surface area contributed by atoms with Gasteiger partial charge in [0, 0.05) is 19.7 Å². The van der Waals surface area contributed by atoms with E-state index in [1.165, 1.54) is 0 Å². The molecule has 0 spiro atoms. The summed E-state index contributed by atoms with van der Waals surface area (Å²) in [5.41, 5.74) is 2.19. The van der Waals surface area contributed by atoms with Crippen molar-refractivity contribution in [3.63, 3.8) is 0 Å². The van der Waals surface area contributed by atoms with Crippen LogP contribution in [0.4, 0.5) is 0 Å². The van der Waals surface area contributed by atoms with Crippen LogP contribution in [0.5, 0.6) is 5.75 Å². The lowest BCUT2D eigenvalue weighted by atomic mass is 10.0. The zero-order valence-electron chi connectivity index (χ0n) is 12.2. The monoisotopic (exact) mass is 275 g/mol. The van der Waals surface area contributed by atoms with Gasteiger partial charge in [-0.2, -0.15) is 0 Å². The molecule has 1 aromatic heterocycles. The fraction of sp³-hybridized carbons (Fsp3) is 0.400. The Labute approximate surface area is 119 Å². The highest BCUT2D eigenvalue weighted by Crippen LogP contribution is 2.29. The van der Waals surface area contributed by atoms with Crippen LogP contribution in [-0.4, -0.2) is 36.9 Å². The molecule has 0 aliphatic heterocycles.